The number of amides is 1. The summed E-state index contributed by atoms with van der Waals surface area (Å²) in [5, 5.41) is 11.8. The van der Waals surface area contributed by atoms with E-state index >= 15 is 0 Å². The Hall–Kier alpha value is -1.10. The zero-order valence-electron chi connectivity index (χ0n) is 8.91. The van der Waals surface area contributed by atoms with Gasteiger partial charge in [0.2, 0.25) is 5.91 Å². The molecule has 0 unspecified atom stereocenters. The molecule has 1 saturated heterocycles. The molecule has 1 amide bonds. The zero-order valence-corrected chi connectivity index (χ0v) is 8.91. The minimum absolute atomic E-state index is 0.175. The number of carboxylic acids is 1. The number of aliphatic carboxylic acids is 1. The molecule has 15 heavy (non-hydrogen) atoms. The Bertz CT molecular complexity index is 254. The van der Waals surface area contributed by atoms with Crippen LogP contribution in [0.1, 0.15) is 32.1 Å². The summed E-state index contributed by atoms with van der Waals surface area (Å²) in [7, 11) is 1.52. The Morgan fingerprint density at radius 3 is 2.93 bits per heavy atom. The predicted molar refractivity (Wildman–Crippen MR) is 53.5 cm³/mol. The summed E-state index contributed by atoms with van der Waals surface area (Å²) in [4.78, 5) is 22.6. The smallest absolute Gasteiger partial charge is 0.329 e. The molecule has 0 aromatic heterocycles. The Morgan fingerprint density at radius 2 is 2.33 bits per heavy atom. The van der Waals surface area contributed by atoms with Crippen molar-refractivity contribution in [1.29, 1.82) is 0 Å². The van der Waals surface area contributed by atoms with Crippen molar-refractivity contribution >= 4 is 11.9 Å². The second kappa shape index (κ2) is 5.11. The van der Waals surface area contributed by atoms with Crippen molar-refractivity contribution in [3.8, 4) is 0 Å². The Labute approximate surface area is 88.8 Å². The lowest BCUT2D eigenvalue weighted by atomic mass is 9.90. The first kappa shape index (κ1) is 12.0. The number of carbonyl (C=O) groups excluding carboxylic acids is 1. The quantitative estimate of drug-likeness (QED) is 0.717. The molecule has 1 rings (SSSR count). The monoisotopic (exact) mass is 215 g/mol. The maximum atomic E-state index is 11.4. The molecule has 2 N–H and O–H groups in total. The van der Waals surface area contributed by atoms with Gasteiger partial charge in [-0.3, -0.25) is 4.79 Å². The second-order valence-corrected chi connectivity index (χ2v) is 3.89. The van der Waals surface area contributed by atoms with Gasteiger partial charge in [-0.25, -0.2) is 4.79 Å². The number of methoxy groups -OCH3 is 1. The fraction of sp³-hybridized carbons (Fsp3) is 0.800. The van der Waals surface area contributed by atoms with Crippen molar-refractivity contribution in [1.82, 2.24) is 5.32 Å². The number of hydrogen-bond acceptors (Lipinski definition) is 3. The van der Waals surface area contributed by atoms with Crippen molar-refractivity contribution in [2.24, 2.45) is 0 Å². The van der Waals surface area contributed by atoms with Gasteiger partial charge in [0.05, 0.1) is 0 Å². The first-order chi connectivity index (χ1) is 7.10. The molecule has 0 spiro atoms. The molecule has 5 heteroatoms. The van der Waals surface area contributed by atoms with E-state index in [4.69, 9.17) is 4.74 Å². The summed E-state index contributed by atoms with van der Waals surface area (Å²) in [6.45, 7) is 0.340. The molecular weight excluding hydrogens is 198 g/mol. The standard InChI is InChI=1S/C10H17NO4/c1-15-7-6-10(9(13)14)5-3-2-4-8(12)11-10/h2-7H2,1H3,(H,11,12)(H,13,14)/t10-/m0/s1. The molecule has 0 aromatic rings. The van der Waals surface area contributed by atoms with E-state index in [1.54, 1.807) is 0 Å². The summed E-state index contributed by atoms with van der Waals surface area (Å²) >= 11 is 0. The van der Waals surface area contributed by atoms with Crippen LogP contribution in [0, 0.1) is 0 Å². The fourth-order valence-corrected chi connectivity index (χ4v) is 1.84. The van der Waals surface area contributed by atoms with Gasteiger partial charge in [0.15, 0.2) is 0 Å². The predicted octanol–water partition coefficient (Wildman–Crippen LogP) is 0.536. The topological polar surface area (TPSA) is 75.6 Å². The van der Waals surface area contributed by atoms with E-state index in [1.807, 2.05) is 0 Å². The van der Waals surface area contributed by atoms with Crippen molar-refractivity contribution in [3.05, 3.63) is 0 Å². The van der Waals surface area contributed by atoms with Crippen LogP contribution in [0.15, 0.2) is 0 Å². The molecule has 0 aliphatic carbocycles. The number of carboxylic acid groups (broad SMARTS) is 1. The average Bonchev–Trinajstić information content (AvgIpc) is 2.38. The molecular formula is C10H17NO4. The highest BCUT2D eigenvalue weighted by molar-refractivity contribution is 5.87. The van der Waals surface area contributed by atoms with Crippen LogP contribution in [0.3, 0.4) is 0 Å². The number of rotatable bonds is 4. The zero-order chi connectivity index (χ0) is 11.3. The molecule has 1 aliphatic rings. The van der Waals surface area contributed by atoms with Crippen LogP contribution in [0.25, 0.3) is 0 Å². The maximum Gasteiger partial charge on any atom is 0.329 e. The maximum absolute atomic E-state index is 11.4. The van der Waals surface area contributed by atoms with Crippen LogP contribution in [0.4, 0.5) is 0 Å². The van der Waals surface area contributed by atoms with Crippen LogP contribution in [0.5, 0.6) is 0 Å². The van der Waals surface area contributed by atoms with Gasteiger partial charge in [0.25, 0.3) is 0 Å². The van der Waals surface area contributed by atoms with Gasteiger partial charge in [0.1, 0.15) is 5.54 Å². The molecule has 1 fully saturated rings. The average molecular weight is 215 g/mol. The molecule has 1 heterocycles. The summed E-state index contributed by atoms with van der Waals surface area (Å²) in [5.74, 6) is -1.14. The summed E-state index contributed by atoms with van der Waals surface area (Å²) in [6.07, 6.45) is 2.74. The van der Waals surface area contributed by atoms with E-state index in [0.29, 0.717) is 25.9 Å². The normalized spacial score (nSPS) is 26.9. The third kappa shape index (κ3) is 2.92. The Balaban J connectivity index is 2.76. The fourth-order valence-electron chi connectivity index (χ4n) is 1.84. The van der Waals surface area contributed by atoms with Crippen molar-refractivity contribution < 1.29 is 19.4 Å². The molecule has 0 bridgehead atoms. The van der Waals surface area contributed by atoms with Crippen LogP contribution in [-0.4, -0.2) is 36.2 Å². The molecule has 0 aromatic carbocycles. The molecule has 86 valence electrons. The number of carbonyl (C=O) groups is 2. The van der Waals surface area contributed by atoms with Crippen LogP contribution in [-0.2, 0) is 14.3 Å². The van der Waals surface area contributed by atoms with Crippen molar-refractivity contribution in [2.75, 3.05) is 13.7 Å². The number of nitrogens with one attached hydrogen (secondary N) is 1. The minimum atomic E-state index is -1.12. The van der Waals surface area contributed by atoms with E-state index < -0.39 is 11.5 Å². The van der Waals surface area contributed by atoms with Gasteiger partial charge < -0.3 is 15.2 Å². The van der Waals surface area contributed by atoms with Crippen molar-refractivity contribution in [3.63, 3.8) is 0 Å². The van der Waals surface area contributed by atoms with Gasteiger partial charge in [-0.05, 0) is 19.3 Å². The molecule has 5 nitrogen and oxygen atoms in total. The Morgan fingerprint density at radius 1 is 1.60 bits per heavy atom. The van der Waals surface area contributed by atoms with Gasteiger partial charge >= 0.3 is 5.97 Å². The largest absolute Gasteiger partial charge is 0.480 e. The lowest BCUT2D eigenvalue weighted by Gasteiger charge is -2.28. The number of ether oxygens (including phenoxy) is 1. The van der Waals surface area contributed by atoms with Crippen LogP contribution in [0.2, 0.25) is 0 Å². The molecule has 0 radical (unpaired) electrons. The summed E-state index contributed by atoms with van der Waals surface area (Å²) < 4.78 is 4.88. The van der Waals surface area contributed by atoms with E-state index in [-0.39, 0.29) is 5.91 Å². The first-order valence-corrected chi connectivity index (χ1v) is 5.14. The second-order valence-electron chi connectivity index (χ2n) is 3.89. The van der Waals surface area contributed by atoms with Gasteiger partial charge in [-0.15, -0.1) is 0 Å². The highest BCUT2D eigenvalue weighted by Gasteiger charge is 2.40. The highest BCUT2D eigenvalue weighted by Crippen LogP contribution is 2.23. The van der Waals surface area contributed by atoms with Crippen LogP contribution >= 0.6 is 0 Å². The van der Waals surface area contributed by atoms with E-state index in [1.165, 1.54) is 7.11 Å². The molecule has 0 saturated carbocycles. The van der Waals surface area contributed by atoms with Gasteiger partial charge in [-0.1, -0.05) is 0 Å². The van der Waals surface area contributed by atoms with Gasteiger partial charge in [0, 0.05) is 26.6 Å². The summed E-state index contributed by atoms with van der Waals surface area (Å²) in [6, 6.07) is 0. The SMILES string of the molecule is COCC[C@]1(C(=O)O)CCCCC(=O)N1. The Kier molecular flexibility index (Phi) is 4.08. The first-order valence-electron chi connectivity index (χ1n) is 5.14. The lowest BCUT2D eigenvalue weighted by Crippen LogP contribution is -2.54. The highest BCUT2D eigenvalue weighted by atomic mass is 16.5. The number of hydrogen-bond donors (Lipinski definition) is 2. The van der Waals surface area contributed by atoms with Crippen LogP contribution < -0.4 is 5.32 Å². The molecule has 1 atom stereocenters. The van der Waals surface area contributed by atoms with Crippen molar-refractivity contribution in [2.45, 2.75) is 37.6 Å². The van der Waals surface area contributed by atoms with E-state index in [9.17, 15) is 14.7 Å². The van der Waals surface area contributed by atoms with Gasteiger partial charge in [-0.2, -0.15) is 0 Å². The summed E-state index contributed by atoms with van der Waals surface area (Å²) in [5.41, 5.74) is -1.12. The lowest BCUT2D eigenvalue weighted by molar-refractivity contribution is -0.148. The third-order valence-corrected chi connectivity index (χ3v) is 2.78. The minimum Gasteiger partial charge on any atom is -0.480 e. The molecule has 1 aliphatic heterocycles. The van der Waals surface area contributed by atoms with E-state index in [0.717, 1.165) is 12.8 Å². The third-order valence-electron chi connectivity index (χ3n) is 2.78. The van der Waals surface area contributed by atoms with E-state index in [2.05, 4.69) is 5.32 Å².